The molecule has 0 bridgehead atoms. The molecule has 1 saturated heterocycles. The van der Waals surface area contributed by atoms with Gasteiger partial charge in [0.25, 0.3) is 0 Å². The molecule has 104 valence electrons. The lowest BCUT2D eigenvalue weighted by Gasteiger charge is -2.31. The van der Waals surface area contributed by atoms with E-state index in [0.29, 0.717) is 17.6 Å². The van der Waals surface area contributed by atoms with Gasteiger partial charge in [0.1, 0.15) is 0 Å². The number of nitrogens with one attached hydrogen (secondary N) is 2. The molecule has 1 aliphatic heterocycles. The van der Waals surface area contributed by atoms with Crippen molar-refractivity contribution in [2.24, 2.45) is 0 Å². The van der Waals surface area contributed by atoms with Crippen molar-refractivity contribution in [3.63, 3.8) is 0 Å². The summed E-state index contributed by atoms with van der Waals surface area (Å²) in [6, 6.07) is 7.81. The fraction of sp³-hybridized carbons (Fsp3) is 0.500. The van der Waals surface area contributed by atoms with Gasteiger partial charge in [0.2, 0.25) is 5.91 Å². The first-order chi connectivity index (χ1) is 9.17. The second-order valence-electron chi connectivity index (χ2n) is 4.90. The fourth-order valence-corrected chi connectivity index (χ4v) is 2.54. The average Bonchev–Trinajstić information content (AvgIpc) is 2.39. The first kappa shape index (κ1) is 14.3. The number of halogens is 1. The summed E-state index contributed by atoms with van der Waals surface area (Å²) in [5.74, 6) is 0.0187. The summed E-state index contributed by atoms with van der Waals surface area (Å²) >= 11 is 5.88. The van der Waals surface area contributed by atoms with Crippen molar-refractivity contribution in [2.45, 2.75) is 18.9 Å². The zero-order valence-electron chi connectivity index (χ0n) is 11.2. The molecule has 0 aliphatic carbocycles. The van der Waals surface area contributed by atoms with Gasteiger partial charge < -0.3 is 10.6 Å². The monoisotopic (exact) mass is 281 g/mol. The molecule has 0 aromatic heterocycles. The summed E-state index contributed by atoms with van der Waals surface area (Å²) in [5.41, 5.74) is 0.752. The van der Waals surface area contributed by atoms with E-state index < -0.39 is 0 Å². The number of carbonyl (C=O) groups excluding carboxylic acids is 1. The third-order valence-electron chi connectivity index (χ3n) is 3.47. The fourth-order valence-electron chi connectivity index (χ4n) is 2.35. The van der Waals surface area contributed by atoms with Gasteiger partial charge in [-0.1, -0.05) is 17.7 Å². The largest absolute Gasteiger partial charge is 0.325 e. The molecule has 0 saturated carbocycles. The van der Waals surface area contributed by atoms with Gasteiger partial charge >= 0.3 is 0 Å². The molecule has 1 fully saturated rings. The molecule has 1 aromatic carbocycles. The van der Waals surface area contributed by atoms with Crippen molar-refractivity contribution in [1.29, 1.82) is 0 Å². The molecule has 1 aromatic rings. The molecule has 1 heterocycles. The van der Waals surface area contributed by atoms with Gasteiger partial charge in [0, 0.05) is 29.8 Å². The Morgan fingerprint density at radius 1 is 1.42 bits per heavy atom. The highest BCUT2D eigenvalue weighted by molar-refractivity contribution is 6.30. The van der Waals surface area contributed by atoms with Crippen LogP contribution in [0.15, 0.2) is 24.3 Å². The quantitative estimate of drug-likeness (QED) is 0.887. The first-order valence-electron chi connectivity index (χ1n) is 6.62. The van der Waals surface area contributed by atoms with Crippen molar-refractivity contribution in [3.05, 3.63) is 29.3 Å². The molecular weight excluding hydrogens is 262 g/mol. The summed E-state index contributed by atoms with van der Waals surface area (Å²) in [6.07, 6.45) is 2.20. The Morgan fingerprint density at radius 3 is 2.79 bits per heavy atom. The first-order valence-corrected chi connectivity index (χ1v) is 7.00. The van der Waals surface area contributed by atoms with Crippen LogP contribution >= 0.6 is 11.6 Å². The smallest absolute Gasteiger partial charge is 0.238 e. The minimum absolute atomic E-state index is 0.0187. The van der Waals surface area contributed by atoms with Crippen LogP contribution in [0.5, 0.6) is 0 Å². The van der Waals surface area contributed by atoms with Crippen LogP contribution in [-0.2, 0) is 4.79 Å². The predicted octanol–water partition coefficient (Wildman–Crippen LogP) is 1.96. The predicted molar refractivity (Wildman–Crippen MR) is 78.6 cm³/mol. The van der Waals surface area contributed by atoms with Crippen LogP contribution in [0.25, 0.3) is 0 Å². The summed E-state index contributed by atoms with van der Waals surface area (Å²) in [6.45, 7) is 2.38. The normalized spacial score (nSPS) is 17.4. The van der Waals surface area contributed by atoms with Gasteiger partial charge in [-0.25, -0.2) is 0 Å². The maximum absolute atomic E-state index is 11.9. The molecule has 1 aliphatic rings. The Hall–Kier alpha value is -1.10. The topological polar surface area (TPSA) is 44.4 Å². The minimum Gasteiger partial charge on any atom is -0.325 e. The van der Waals surface area contributed by atoms with E-state index in [1.165, 1.54) is 0 Å². The Kier molecular flexibility index (Phi) is 5.19. The maximum atomic E-state index is 11.9. The van der Waals surface area contributed by atoms with Gasteiger partial charge in [-0.15, -0.1) is 0 Å². The third kappa shape index (κ3) is 4.49. The van der Waals surface area contributed by atoms with Crippen molar-refractivity contribution >= 4 is 23.2 Å². The van der Waals surface area contributed by atoms with Crippen molar-refractivity contribution < 1.29 is 4.79 Å². The van der Waals surface area contributed by atoms with Gasteiger partial charge in [-0.3, -0.25) is 9.69 Å². The number of nitrogens with zero attached hydrogens (tertiary/aromatic N) is 1. The lowest BCUT2D eigenvalue weighted by atomic mass is 10.1. The van der Waals surface area contributed by atoms with Crippen LogP contribution in [0.1, 0.15) is 12.8 Å². The van der Waals surface area contributed by atoms with Gasteiger partial charge in [0.15, 0.2) is 0 Å². The number of piperidine rings is 1. The summed E-state index contributed by atoms with van der Waals surface area (Å²) in [7, 11) is 1.99. The number of likely N-dealkylation sites (tertiary alicyclic amines) is 1. The lowest BCUT2D eigenvalue weighted by molar-refractivity contribution is -0.117. The Bertz CT molecular complexity index is 430. The molecule has 0 unspecified atom stereocenters. The minimum atomic E-state index is 0.0187. The van der Waals surface area contributed by atoms with Crippen molar-refractivity contribution in [1.82, 2.24) is 10.2 Å². The summed E-state index contributed by atoms with van der Waals surface area (Å²) < 4.78 is 0. The number of anilines is 1. The van der Waals surface area contributed by atoms with E-state index in [2.05, 4.69) is 15.5 Å². The zero-order valence-corrected chi connectivity index (χ0v) is 11.9. The zero-order chi connectivity index (χ0) is 13.7. The summed E-state index contributed by atoms with van der Waals surface area (Å²) in [5, 5.41) is 6.79. The number of benzene rings is 1. The standard InChI is InChI=1S/C14H20ClN3O/c1-16-12-5-7-18(8-6-12)10-14(19)17-13-4-2-3-11(15)9-13/h2-4,9,12,16H,5-8,10H2,1H3,(H,17,19). The van der Waals surface area contributed by atoms with Crippen LogP contribution in [-0.4, -0.2) is 43.5 Å². The van der Waals surface area contributed by atoms with Crippen LogP contribution < -0.4 is 10.6 Å². The highest BCUT2D eigenvalue weighted by Crippen LogP contribution is 2.15. The second kappa shape index (κ2) is 6.89. The molecule has 2 rings (SSSR count). The van der Waals surface area contributed by atoms with Gasteiger partial charge in [-0.05, 0) is 38.1 Å². The van der Waals surface area contributed by atoms with E-state index in [4.69, 9.17) is 11.6 Å². The van der Waals surface area contributed by atoms with Gasteiger partial charge in [0.05, 0.1) is 6.54 Å². The lowest BCUT2D eigenvalue weighted by Crippen LogP contribution is -2.44. The molecule has 1 amide bonds. The SMILES string of the molecule is CNC1CCN(CC(=O)Nc2cccc(Cl)c2)CC1. The van der Waals surface area contributed by atoms with Crippen LogP contribution in [0.3, 0.4) is 0 Å². The molecule has 0 spiro atoms. The number of hydrogen-bond acceptors (Lipinski definition) is 3. The third-order valence-corrected chi connectivity index (χ3v) is 3.71. The Morgan fingerprint density at radius 2 is 2.16 bits per heavy atom. The Labute approximate surface area is 119 Å². The molecular formula is C14H20ClN3O. The van der Waals surface area contributed by atoms with E-state index in [-0.39, 0.29) is 5.91 Å². The number of carbonyl (C=O) groups is 1. The Balaban J connectivity index is 1.79. The van der Waals surface area contributed by atoms with E-state index >= 15 is 0 Å². The molecule has 4 nitrogen and oxygen atoms in total. The molecule has 0 atom stereocenters. The van der Waals surface area contributed by atoms with Crippen LogP contribution in [0.4, 0.5) is 5.69 Å². The molecule has 0 radical (unpaired) electrons. The van der Waals surface area contributed by atoms with Crippen LogP contribution in [0.2, 0.25) is 5.02 Å². The molecule has 2 N–H and O–H groups in total. The van der Waals surface area contributed by atoms with E-state index in [9.17, 15) is 4.79 Å². The van der Waals surface area contributed by atoms with E-state index in [0.717, 1.165) is 31.6 Å². The van der Waals surface area contributed by atoms with Crippen molar-refractivity contribution in [2.75, 3.05) is 32.0 Å². The average molecular weight is 282 g/mol. The van der Waals surface area contributed by atoms with Crippen LogP contribution in [0, 0.1) is 0 Å². The number of amides is 1. The highest BCUT2D eigenvalue weighted by Gasteiger charge is 2.19. The number of rotatable bonds is 4. The highest BCUT2D eigenvalue weighted by atomic mass is 35.5. The number of hydrogen-bond donors (Lipinski definition) is 2. The van der Waals surface area contributed by atoms with E-state index in [1.807, 2.05) is 19.2 Å². The second-order valence-corrected chi connectivity index (χ2v) is 5.33. The maximum Gasteiger partial charge on any atom is 0.238 e. The molecule has 5 heteroatoms. The summed E-state index contributed by atoms with van der Waals surface area (Å²) in [4.78, 5) is 14.1. The van der Waals surface area contributed by atoms with E-state index in [1.54, 1.807) is 12.1 Å². The molecule has 19 heavy (non-hydrogen) atoms. The van der Waals surface area contributed by atoms with Gasteiger partial charge in [-0.2, -0.15) is 0 Å². The van der Waals surface area contributed by atoms with Crippen molar-refractivity contribution in [3.8, 4) is 0 Å².